The highest BCUT2D eigenvalue weighted by atomic mass is 79.9. The molecular weight excluding hydrogens is 298 g/mol. The molecule has 0 atom stereocenters. The van der Waals surface area contributed by atoms with E-state index in [1.165, 1.54) is 0 Å². The van der Waals surface area contributed by atoms with Gasteiger partial charge in [0, 0.05) is 6.20 Å². The zero-order valence-corrected chi connectivity index (χ0v) is 12.0. The molecule has 5 nitrogen and oxygen atoms in total. The number of aromatic nitrogens is 2. The fourth-order valence-electron chi connectivity index (χ4n) is 1.48. The summed E-state index contributed by atoms with van der Waals surface area (Å²) in [4.78, 5) is 15.9. The number of hydrogen-bond donors (Lipinski definition) is 1. The minimum Gasteiger partial charge on any atom is -0.444 e. The maximum Gasteiger partial charge on any atom is 0.413 e. The molecule has 0 spiro atoms. The number of carbonyl (C=O) groups excluding carboxylic acids is 1. The minimum atomic E-state index is -0.523. The van der Waals surface area contributed by atoms with Crippen LogP contribution in [-0.2, 0) is 4.74 Å². The van der Waals surface area contributed by atoms with Gasteiger partial charge in [0.15, 0.2) is 5.65 Å². The molecule has 2 aromatic rings. The molecule has 1 N–H and O–H groups in total. The maximum atomic E-state index is 11.7. The van der Waals surface area contributed by atoms with Gasteiger partial charge in [0.25, 0.3) is 0 Å². The lowest BCUT2D eigenvalue weighted by Crippen LogP contribution is -2.27. The quantitative estimate of drug-likeness (QED) is 0.877. The van der Waals surface area contributed by atoms with E-state index in [0.717, 1.165) is 10.1 Å². The van der Waals surface area contributed by atoms with Crippen LogP contribution in [0.15, 0.2) is 29.0 Å². The van der Waals surface area contributed by atoms with Crippen LogP contribution in [0.25, 0.3) is 5.65 Å². The second kappa shape index (κ2) is 4.61. The second-order valence-electron chi connectivity index (χ2n) is 4.82. The maximum absolute atomic E-state index is 11.7. The first-order valence-electron chi connectivity index (χ1n) is 5.48. The Labute approximate surface area is 113 Å². The molecule has 2 heterocycles. The molecule has 6 heteroatoms. The van der Waals surface area contributed by atoms with Crippen molar-refractivity contribution in [2.24, 2.45) is 0 Å². The number of amides is 1. The first-order valence-corrected chi connectivity index (χ1v) is 6.28. The van der Waals surface area contributed by atoms with E-state index in [1.54, 1.807) is 10.6 Å². The van der Waals surface area contributed by atoms with E-state index in [1.807, 2.05) is 39.1 Å². The zero-order chi connectivity index (χ0) is 13.3. The summed E-state index contributed by atoms with van der Waals surface area (Å²) >= 11 is 3.40. The number of halogens is 1. The van der Waals surface area contributed by atoms with Crippen LogP contribution in [0.5, 0.6) is 0 Å². The number of imidazole rings is 1. The number of pyridine rings is 1. The van der Waals surface area contributed by atoms with E-state index in [0.29, 0.717) is 5.82 Å². The van der Waals surface area contributed by atoms with Crippen molar-refractivity contribution in [1.82, 2.24) is 9.38 Å². The third-order valence-corrected chi connectivity index (χ3v) is 2.74. The van der Waals surface area contributed by atoms with Gasteiger partial charge in [-0.3, -0.25) is 9.72 Å². The third-order valence-electron chi connectivity index (χ3n) is 2.12. The van der Waals surface area contributed by atoms with E-state index in [9.17, 15) is 4.79 Å². The molecule has 0 saturated heterocycles. The van der Waals surface area contributed by atoms with Gasteiger partial charge in [-0.1, -0.05) is 0 Å². The van der Waals surface area contributed by atoms with Gasteiger partial charge in [-0.15, -0.1) is 0 Å². The average Bonchev–Trinajstić information content (AvgIpc) is 2.60. The number of rotatable bonds is 1. The summed E-state index contributed by atoms with van der Waals surface area (Å²) in [6.07, 6.45) is 2.91. The highest BCUT2D eigenvalue weighted by Crippen LogP contribution is 2.20. The lowest BCUT2D eigenvalue weighted by molar-refractivity contribution is 0.0635. The first kappa shape index (κ1) is 12.9. The van der Waals surface area contributed by atoms with Gasteiger partial charge in [-0.05, 0) is 48.8 Å². The van der Waals surface area contributed by atoms with Crippen molar-refractivity contribution in [1.29, 1.82) is 0 Å². The van der Waals surface area contributed by atoms with Crippen LogP contribution in [0, 0.1) is 0 Å². The number of hydrogen-bond acceptors (Lipinski definition) is 3. The molecule has 0 radical (unpaired) electrons. The van der Waals surface area contributed by atoms with Crippen LogP contribution < -0.4 is 5.32 Å². The Morgan fingerprint density at radius 1 is 1.50 bits per heavy atom. The van der Waals surface area contributed by atoms with E-state index < -0.39 is 11.7 Å². The summed E-state index contributed by atoms with van der Waals surface area (Å²) in [6.45, 7) is 5.45. The van der Waals surface area contributed by atoms with E-state index in [4.69, 9.17) is 4.74 Å². The van der Waals surface area contributed by atoms with Crippen LogP contribution in [0.4, 0.5) is 10.6 Å². The number of anilines is 1. The van der Waals surface area contributed by atoms with Crippen molar-refractivity contribution in [3.63, 3.8) is 0 Å². The number of nitrogens with zero attached hydrogens (tertiary/aromatic N) is 2. The Morgan fingerprint density at radius 2 is 2.22 bits per heavy atom. The molecule has 1 amide bonds. The molecule has 0 aromatic carbocycles. The smallest absolute Gasteiger partial charge is 0.413 e. The van der Waals surface area contributed by atoms with Crippen molar-refractivity contribution in [2.45, 2.75) is 26.4 Å². The van der Waals surface area contributed by atoms with Gasteiger partial charge >= 0.3 is 6.09 Å². The topological polar surface area (TPSA) is 55.6 Å². The number of carbonyl (C=O) groups is 1. The van der Waals surface area contributed by atoms with Crippen molar-refractivity contribution >= 4 is 33.5 Å². The minimum absolute atomic E-state index is 0.496. The summed E-state index contributed by atoms with van der Waals surface area (Å²) in [5.41, 5.74) is 0.217. The molecule has 0 fully saturated rings. The molecule has 2 rings (SSSR count). The van der Waals surface area contributed by atoms with Gasteiger partial charge in [0.2, 0.25) is 0 Å². The van der Waals surface area contributed by atoms with E-state index in [-0.39, 0.29) is 0 Å². The van der Waals surface area contributed by atoms with Crippen molar-refractivity contribution < 1.29 is 9.53 Å². The predicted molar refractivity (Wildman–Crippen MR) is 72.7 cm³/mol. The Bertz CT molecular complexity index is 587. The lowest BCUT2D eigenvalue weighted by Gasteiger charge is -2.19. The van der Waals surface area contributed by atoms with Gasteiger partial charge in [0.05, 0.1) is 10.7 Å². The van der Waals surface area contributed by atoms with Crippen LogP contribution in [0.1, 0.15) is 20.8 Å². The Balaban J connectivity index is 2.23. The largest absolute Gasteiger partial charge is 0.444 e. The Kier molecular flexibility index (Phi) is 3.30. The number of ether oxygens (including phenoxy) is 1. The molecule has 2 aromatic heterocycles. The van der Waals surface area contributed by atoms with Gasteiger partial charge in [0.1, 0.15) is 11.4 Å². The van der Waals surface area contributed by atoms with Gasteiger partial charge in [-0.25, -0.2) is 9.78 Å². The van der Waals surface area contributed by atoms with Gasteiger partial charge < -0.3 is 4.74 Å². The number of fused-ring (bicyclic) bond motifs is 1. The SMILES string of the molecule is CC(C)(C)OC(=O)Nc1cnc2c(Br)cccn12. The Hall–Kier alpha value is -1.56. The van der Waals surface area contributed by atoms with E-state index >= 15 is 0 Å². The fraction of sp³-hybridized carbons (Fsp3) is 0.333. The second-order valence-corrected chi connectivity index (χ2v) is 5.67. The standard InChI is InChI=1S/C12H14BrN3O2/c1-12(2,3)18-11(17)15-9-7-14-10-8(13)5-4-6-16(9)10/h4-7H,1-3H3,(H,15,17). The highest BCUT2D eigenvalue weighted by molar-refractivity contribution is 9.10. The van der Waals surface area contributed by atoms with Gasteiger partial charge in [-0.2, -0.15) is 0 Å². The normalized spacial score (nSPS) is 11.6. The van der Waals surface area contributed by atoms with Crippen molar-refractivity contribution in [2.75, 3.05) is 5.32 Å². The molecule has 0 aliphatic rings. The van der Waals surface area contributed by atoms with Crippen LogP contribution in [-0.4, -0.2) is 21.1 Å². The predicted octanol–water partition coefficient (Wildman–Crippen LogP) is 3.44. The van der Waals surface area contributed by atoms with Crippen molar-refractivity contribution in [3.05, 3.63) is 29.0 Å². The average molecular weight is 312 g/mol. The molecule has 0 aliphatic heterocycles. The zero-order valence-electron chi connectivity index (χ0n) is 10.4. The van der Waals surface area contributed by atoms with Crippen LogP contribution >= 0.6 is 15.9 Å². The summed E-state index contributed by atoms with van der Waals surface area (Å²) < 4.78 is 7.82. The van der Waals surface area contributed by atoms with Crippen molar-refractivity contribution in [3.8, 4) is 0 Å². The van der Waals surface area contributed by atoms with Crippen LogP contribution in [0.2, 0.25) is 0 Å². The first-order chi connectivity index (χ1) is 8.37. The van der Waals surface area contributed by atoms with E-state index in [2.05, 4.69) is 26.2 Å². The highest BCUT2D eigenvalue weighted by Gasteiger charge is 2.17. The lowest BCUT2D eigenvalue weighted by atomic mass is 10.2. The van der Waals surface area contributed by atoms with Crippen LogP contribution in [0.3, 0.4) is 0 Å². The third kappa shape index (κ3) is 2.81. The molecule has 0 bridgehead atoms. The number of nitrogens with one attached hydrogen (secondary N) is 1. The molecule has 0 unspecified atom stereocenters. The molecule has 96 valence electrons. The summed E-state index contributed by atoms with van der Waals surface area (Å²) in [5, 5.41) is 2.67. The molecule has 0 saturated carbocycles. The monoisotopic (exact) mass is 311 g/mol. The summed E-state index contributed by atoms with van der Waals surface area (Å²) in [7, 11) is 0. The molecule has 18 heavy (non-hydrogen) atoms. The molecular formula is C12H14BrN3O2. The molecule has 0 aliphatic carbocycles. The summed E-state index contributed by atoms with van der Waals surface area (Å²) in [5.74, 6) is 0.570. The summed E-state index contributed by atoms with van der Waals surface area (Å²) in [6, 6.07) is 3.75. The fourth-order valence-corrected chi connectivity index (χ4v) is 1.92. The Morgan fingerprint density at radius 3 is 2.89 bits per heavy atom.